The minimum absolute atomic E-state index is 0.0229. The maximum Gasteiger partial charge on any atom is 0.223 e. The highest BCUT2D eigenvalue weighted by atomic mass is 16.5. The molecule has 0 unspecified atom stereocenters. The highest BCUT2D eigenvalue weighted by molar-refractivity contribution is 5.78. The Morgan fingerprint density at radius 1 is 1.48 bits per heavy atom. The number of nitrogens with one attached hydrogen (secondary N) is 1. The predicted molar refractivity (Wildman–Crippen MR) is 93.3 cm³/mol. The Kier molecular flexibility index (Phi) is 5.36. The number of imidazole rings is 1. The van der Waals surface area contributed by atoms with Crippen molar-refractivity contribution in [2.45, 2.75) is 38.0 Å². The number of methoxy groups -OCH3 is 1. The molecule has 0 saturated carbocycles. The number of carbonyl (C=O) groups excluding carboxylic acids is 1. The van der Waals surface area contributed by atoms with Crippen LogP contribution in [0.2, 0.25) is 0 Å². The number of hydrogen-bond donors (Lipinski definition) is 2. The summed E-state index contributed by atoms with van der Waals surface area (Å²) in [6.45, 7) is 2.59. The first kappa shape index (κ1) is 17.8. The van der Waals surface area contributed by atoms with E-state index in [4.69, 9.17) is 9.47 Å². The molecule has 1 aromatic carbocycles. The van der Waals surface area contributed by atoms with E-state index in [-0.39, 0.29) is 11.9 Å². The normalized spacial score (nSPS) is 23.8. The fraction of sp³-hybridized carbons (Fsp3) is 0.556. The van der Waals surface area contributed by atoms with Gasteiger partial charge in [0.15, 0.2) is 0 Å². The van der Waals surface area contributed by atoms with Crippen molar-refractivity contribution in [3.8, 4) is 0 Å². The molecule has 1 fully saturated rings. The minimum atomic E-state index is -0.739. The molecule has 0 aliphatic carbocycles. The lowest BCUT2D eigenvalue weighted by Crippen LogP contribution is -2.56. The van der Waals surface area contributed by atoms with Gasteiger partial charge in [0.25, 0.3) is 0 Å². The molecular weight excluding hydrogens is 322 g/mol. The van der Waals surface area contributed by atoms with Gasteiger partial charge in [0, 0.05) is 20.6 Å². The van der Waals surface area contributed by atoms with Crippen LogP contribution in [0.15, 0.2) is 18.2 Å². The predicted octanol–water partition coefficient (Wildman–Crippen LogP) is 1.04. The molecule has 3 atom stereocenters. The summed E-state index contributed by atoms with van der Waals surface area (Å²) in [6, 6.07) is 5.60. The first-order valence-corrected chi connectivity index (χ1v) is 8.49. The number of amides is 1. The quantitative estimate of drug-likeness (QED) is 0.844. The van der Waals surface area contributed by atoms with Crippen LogP contribution in [0.25, 0.3) is 11.0 Å². The van der Waals surface area contributed by atoms with Crippen molar-refractivity contribution in [2.75, 3.05) is 27.4 Å². The number of aliphatic hydroxyl groups is 1. The lowest BCUT2D eigenvalue weighted by Gasteiger charge is -2.38. The fourth-order valence-corrected chi connectivity index (χ4v) is 3.25. The second-order valence-corrected chi connectivity index (χ2v) is 6.55. The van der Waals surface area contributed by atoms with Crippen LogP contribution in [-0.4, -0.2) is 71.5 Å². The molecule has 1 amide bonds. The molecule has 25 heavy (non-hydrogen) atoms. The number of likely N-dealkylation sites (N-methyl/N-ethyl adjacent to an activating group) is 1. The molecule has 1 aliphatic heterocycles. The van der Waals surface area contributed by atoms with E-state index in [1.54, 1.807) is 11.9 Å². The zero-order valence-electron chi connectivity index (χ0n) is 14.9. The van der Waals surface area contributed by atoms with Crippen molar-refractivity contribution in [3.05, 3.63) is 29.6 Å². The molecule has 2 heterocycles. The third kappa shape index (κ3) is 3.84. The molecule has 1 aliphatic rings. The van der Waals surface area contributed by atoms with Crippen LogP contribution in [0.3, 0.4) is 0 Å². The standard InChI is InChI=1S/C18H25N3O4/c1-11-19-13-6-4-12(8-14(13)20-11)5-7-17(22)21(2)15-9-25-10-16(24-3)18(15)23/h4,6,8,15-16,18,23H,5,7,9-10H2,1-3H3,(H,19,20)/t15-,16-,18+/m1/s1. The fourth-order valence-electron chi connectivity index (χ4n) is 3.25. The average molecular weight is 347 g/mol. The molecule has 3 rings (SSSR count). The first-order chi connectivity index (χ1) is 12.0. The monoisotopic (exact) mass is 347 g/mol. The Balaban J connectivity index is 1.60. The van der Waals surface area contributed by atoms with Gasteiger partial charge in [-0.05, 0) is 31.0 Å². The number of aryl methyl sites for hydroxylation is 2. The van der Waals surface area contributed by atoms with Crippen LogP contribution in [0.5, 0.6) is 0 Å². The van der Waals surface area contributed by atoms with Crippen molar-refractivity contribution < 1.29 is 19.4 Å². The first-order valence-electron chi connectivity index (χ1n) is 8.49. The van der Waals surface area contributed by atoms with Gasteiger partial charge in [0.1, 0.15) is 18.0 Å². The maximum absolute atomic E-state index is 12.5. The number of H-pyrrole nitrogens is 1. The van der Waals surface area contributed by atoms with Crippen LogP contribution in [0.4, 0.5) is 0 Å². The van der Waals surface area contributed by atoms with Crippen molar-refractivity contribution in [1.82, 2.24) is 14.9 Å². The van der Waals surface area contributed by atoms with E-state index >= 15 is 0 Å². The number of aliphatic hydroxyl groups excluding tert-OH is 1. The minimum Gasteiger partial charge on any atom is -0.388 e. The van der Waals surface area contributed by atoms with E-state index in [0.717, 1.165) is 22.4 Å². The maximum atomic E-state index is 12.5. The van der Waals surface area contributed by atoms with Crippen molar-refractivity contribution >= 4 is 16.9 Å². The number of benzene rings is 1. The van der Waals surface area contributed by atoms with Crippen LogP contribution in [0.1, 0.15) is 17.8 Å². The summed E-state index contributed by atoms with van der Waals surface area (Å²) in [5.74, 6) is 0.854. The van der Waals surface area contributed by atoms with Crippen LogP contribution < -0.4 is 0 Å². The van der Waals surface area contributed by atoms with Gasteiger partial charge in [-0.1, -0.05) is 6.07 Å². The van der Waals surface area contributed by atoms with E-state index < -0.39 is 12.2 Å². The summed E-state index contributed by atoms with van der Waals surface area (Å²) >= 11 is 0. The van der Waals surface area contributed by atoms with E-state index in [1.807, 2.05) is 25.1 Å². The third-order valence-electron chi connectivity index (χ3n) is 4.83. The zero-order valence-corrected chi connectivity index (χ0v) is 14.9. The number of aromatic nitrogens is 2. The van der Waals surface area contributed by atoms with Gasteiger partial charge >= 0.3 is 0 Å². The van der Waals surface area contributed by atoms with Gasteiger partial charge in [-0.2, -0.15) is 0 Å². The van der Waals surface area contributed by atoms with E-state index in [1.165, 1.54) is 7.11 Å². The molecule has 2 aromatic rings. The molecule has 0 radical (unpaired) electrons. The molecular formula is C18H25N3O4. The molecule has 136 valence electrons. The summed E-state index contributed by atoms with van der Waals surface area (Å²) in [7, 11) is 3.24. The number of hydrogen-bond acceptors (Lipinski definition) is 5. The number of nitrogens with zero attached hydrogens (tertiary/aromatic N) is 2. The van der Waals surface area contributed by atoms with Crippen LogP contribution in [-0.2, 0) is 20.7 Å². The number of fused-ring (bicyclic) bond motifs is 1. The number of ether oxygens (including phenoxy) is 2. The van der Waals surface area contributed by atoms with Crippen LogP contribution >= 0.6 is 0 Å². The third-order valence-corrected chi connectivity index (χ3v) is 4.83. The molecule has 1 aromatic heterocycles. The molecule has 0 bridgehead atoms. The van der Waals surface area contributed by atoms with Gasteiger partial charge in [-0.25, -0.2) is 4.98 Å². The summed E-state index contributed by atoms with van der Waals surface area (Å²) in [4.78, 5) is 21.7. The Morgan fingerprint density at radius 3 is 3.04 bits per heavy atom. The van der Waals surface area contributed by atoms with Crippen molar-refractivity contribution in [1.29, 1.82) is 0 Å². The number of rotatable bonds is 5. The van der Waals surface area contributed by atoms with E-state index in [9.17, 15) is 9.90 Å². The number of carbonyl (C=O) groups is 1. The lowest BCUT2D eigenvalue weighted by atomic mass is 10.0. The molecule has 0 spiro atoms. The smallest absolute Gasteiger partial charge is 0.223 e. The Morgan fingerprint density at radius 2 is 2.28 bits per heavy atom. The van der Waals surface area contributed by atoms with Crippen molar-refractivity contribution in [2.24, 2.45) is 0 Å². The largest absolute Gasteiger partial charge is 0.388 e. The summed E-state index contributed by atoms with van der Waals surface area (Å²) in [6.07, 6.45) is -0.137. The highest BCUT2D eigenvalue weighted by Gasteiger charge is 2.36. The Bertz CT molecular complexity index is 745. The summed E-state index contributed by atoms with van der Waals surface area (Å²) < 4.78 is 10.7. The molecule has 1 saturated heterocycles. The number of aromatic amines is 1. The average Bonchev–Trinajstić information content (AvgIpc) is 2.98. The molecule has 2 N–H and O–H groups in total. The zero-order chi connectivity index (χ0) is 18.0. The topological polar surface area (TPSA) is 87.7 Å². The van der Waals surface area contributed by atoms with Gasteiger partial charge in [-0.3, -0.25) is 4.79 Å². The van der Waals surface area contributed by atoms with Gasteiger partial charge < -0.3 is 24.5 Å². The summed E-state index contributed by atoms with van der Waals surface area (Å²) in [5.41, 5.74) is 2.99. The second-order valence-electron chi connectivity index (χ2n) is 6.55. The van der Waals surface area contributed by atoms with E-state index in [0.29, 0.717) is 26.1 Å². The van der Waals surface area contributed by atoms with E-state index in [2.05, 4.69) is 9.97 Å². The highest BCUT2D eigenvalue weighted by Crippen LogP contribution is 2.18. The Labute approximate surface area is 146 Å². The summed E-state index contributed by atoms with van der Waals surface area (Å²) in [5, 5.41) is 10.3. The SMILES string of the molecule is CO[C@@H]1COC[C@@H](N(C)C(=O)CCc2ccc3nc(C)[nH]c3c2)[C@@H]1O. The van der Waals surface area contributed by atoms with Gasteiger partial charge in [-0.15, -0.1) is 0 Å². The van der Waals surface area contributed by atoms with Crippen molar-refractivity contribution in [3.63, 3.8) is 0 Å². The molecule has 7 nitrogen and oxygen atoms in total. The van der Waals surface area contributed by atoms with Gasteiger partial charge in [0.2, 0.25) is 5.91 Å². The van der Waals surface area contributed by atoms with Gasteiger partial charge in [0.05, 0.1) is 30.3 Å². The second kappa shape index (κ2) is 7.51. The lowest BCUT2D eigenvalue weighted by molar-refractivity contribution is -0.158. The molecule has 7 heteroatoms. The Hall–Kier alpha value is -1.96. The van der Waals surface area contributed by atoms with Crippen LogP contribution in [0, 0.1) is 6.92 Å².